The molecule has 2 heterocycles. The third-order valence-corrected chi connectivity index (χ3v) is 4.88. The molecule has 1 unspecified atom stereocenters. The van der Waals surface area contributed by atoms with E-state index < -0.39 is 0 Å². The molecule has 0 saturated carbocycles. The Labute approximate surface area is 161 Å². The van der Waals surface area contributed by atoms with E-state index in [1.54, 1.807) is 12.0 Å². The third-order valence-electron chi connectivity index (χ3n) is 4.64. The Kier molecular flexibility index (Phi) is 4.81. The highest BCUT2D eigenvalue weighted by Gasteiger charge is 2.36. The molecular weight excluding hydrogens is 366 g/mol. The molecule has 0 bridgehead atoms. The minimum absolute atomic E-state index is 0.0667. The van der Waals surface area contributed by atoms with Gasteiger partial charge in [-0.05, 0) is 36.2 Å². The first-order valence-corrected chi connectivity index (χ1v) is 9.04. The van der Waals surface area contributed by atoms with Crippen LogP contribution in [0, 0.1) is 0 Å². The van der Waals surface area contributed by atoms with Crippen LogP contribution >= 0.6 is 11.6 Å². The fourth-order valence-corrected chi connectivity index (χ4v) is 3.54. The molecule has 1 fully saturated rings. The van der Waals surface area contributed by atoms with Crippen molar-refractivity contribution in [2.45, 2.75) is 25.4 Å². The summed E-state index contributed by atoms with van der Waals surface area (Å²) in [5.74, 6) is 1.62. The number of amides is 1. The lowest BCUT2D eigenvalue weighted by atomic mass is 10.1. The highest BCUT2D eigenvalue weighted by Crippen LogP contribution is 2.35. The van der Waals surface area contributed by atoms with E-state index >= 15 is 0 Å². The number of nitrogens with zero attached hydrogens (tertiary/aromatic N) is 3. The molecule has 0 aliphatic carbocycles. The second-order valence-electron chi connectivity index (χ2n) is 6.36. The van der Waals surface area contributed by atoms with Gasteiger partial charge < -0.3 is 14.2 Å². The number of hydrogen-bond donors (Lipinski definition) is 0. The van der Waals surface area contributed by atoms with Crippen LogP contribution in [0.2, 0.25) is 5.02 Å². The lowest BCUT2D eigenvalue weighted by molar-refractivity contribution is -0.129. The number of carbonyl (C=O) groups is 1. The molecule has 6 nitrogen and oxygen atoms in total. The lowest BCUT2D eigenvalue weighted by Crippen LogP contribution is -2.27. The highest BCUT2D eigenvalue weighted by atomic mass is 35.5. The minimum atomic E-state index is -0.243. The van der Waals surface area contributed by atoms with E-state index in [1.807, 2.05) is 48.5 Å². The van der Waals surface area contributed by atoms with Crippen molar-refractivity contribution in [3.63, 3.8) is 0 Å². The molecule has 2 aromatic carbocycles. The van der Waals surface area contributed by atoms with Crippen LogP contribution in [0.15, 0.2) is 53.1 Å². The standard InChI is InChI=1S/C20H18ClN3O3/c1-26-17-8-3-2-7-15(17)19-22-20(27-23-19)16-9-10-18(25)24(16)12-13-5-4-6-14(21)11-13/h2-8,11,16H,9-10,12H2,1H3. The van der Waals surface area contributed by atoms with E-state index in [2.05, 4.69) is 10.1 Å². The van der Waals surface area contributed by atoms with Gasteiger partial charge in [0.1, 0.15) is 11.8 Å². The number of para-hydroxylation sites is 1. The quantitative estimate of drug-likeness (QED) is 0.658. The van der Waals surface area contributed by atoms with Gasteiger partial charge in [0.2, 0.25) is 17.6 Å². The Morgan fingerprint density at radius 1 is 1.26 bits per heavy atom. The highest BCUT2D eigenvalue weighted by molar-refractivity contribution is 6.30. The minimum Gasteiger partial charge on any atom is -0.496 e. The number of carbonyl (C=O) groups excluding carboxylic acids is 1. The average molecular weight is 384 g/mol. The summed E-state index contributed by atoms with van der Waals surface area (Å²) >= 11 is 6.06. The zero-order valence-corrected chi connectivity index (χ0v) is 15.5. The summed E-state index contributed by atoms with van der Waals surface area (Å²) in [5, 5.41) is 4.74. The van der Waals surface area contributed by atoms with Gasteiger partial charge in [0.05, 0.1) is 12.7 Å². The van der Waals surface area contributed by atoms with E-state index in [0.29, 0.717) is 41.9 Å². The Hall–Kier alpha value is -2.86. The smallest absolute Gasteiger partial charge is 0.249 e. The van der Waals surface area contributed by atoms with E-state index in [0.717, 1.165) is 11.1 Å². The van der Waals surface area contributed by atoms with Crippen molar-refractivity contribution in [2.24, 2.45) is 0 Å². The zero-order chi connectivity index (χ0) is 18.8. The van der Waals surface area contributed by atoms with Crippen LogP contribution in [0.3, 0.4) is 0 Å². The first-order valence-electron chi connectivity index (χ1n) is 8.66. The average Bonchev–Trinajstić information content (AvgIpc) is 3.29. The summed E-state index contributed by atoms with van der Waals surface area (Å²) in [5.41, 5.74) is 1.72. The van der Waals surface area contributed by atoms with Gasteiger partial charge >= 0.3 is 0 Å². The van der Waals surface area contributed by atoms with Crippen LogP contribution in [0.25, 0.3) is 11.4 Å². The SMILES string of the molecule is COc1ccccc1-c1noc(C2CCC(=O)N2Cc2cccc(Cl)c2)n1. The summed E-state index contributed by atoms with van der Waals surface area (Å²) in [6, 6.07) is 14.7. The van der Waals surface area contributed by atoms with Crippen molar-refractivity contribution in [3.8, 4) is 17.1 Å². The van der Waals surface area contributed by atoms with Crippen molar-refractivity contribution in [3.05, 3.63) is 65.0 Å². The van der Waals surface area contributed by atoms with Gasteiger partial charge in [-0.15, -0.1) is 0 Å². The molecule has 4 rings (SSSR count). The normalized spacial score (nSPS) is 16.7. The molecule has 0 radical (unpaired) electrons. The molecule has 0 N–H and O–H groups in total. The van der Waals surface area contributed by atoms with Crippen molar-refractivity contribution >= 4 is 17.5 Å². The zero-order valence-electron chi connectivity index (χ0n) is 14.8. The topological polar surface area (TPSA) is 68.5 Å². The molecule has 138 valence electrons. The van der Waals surface area contributed by atoms with Gasteiger partial charge in [0, 0.05) is 18.0 Å². The van der Waals surface area contributed by atoms with Gasteiger partial charge in [-0.1, -0.05) is 41.0 Å². The van der Waals surface area contributed by atoms with E-state index in [4.69, 9.17) is 20.9 Å². The molecule has 1 aliphatic rings. The fraction of sp³-hybridized carbons (Fsp3) is 0.250. The molecule has 0 spiro atoms. The monoisotopic (exact) mass is 383 g/mol. The van der Waals surface area contributed by atoms with Crippen LogP contribution in [0.5, 0.6) is 5.75 Å². The number of rotatable bonds is 5. The summed E-state index contributed by atoms with van der Waals surface area (Å²) in [4.78, 5) is 18.7. The molecule has 7 heteroatoms. The molecule has 1 saturated heterocycles. The van der Waals surface area contributed by atoms with Crippen LogP contribution in [0.1, 0.15) is 30.3 Å². The summed E-state index contributed by atoms with van der Waals surface area (Å²) < 4.78 is 10.9. The first-order chi connectivity index (χ1) is 13.2. The molecular formula is C20H18ClN3O3. The largest absolute Gasteiger partial charge is 0.496 e. The number of aromatic nitrogens is 2. The Morgan fingerprint density at radius 2 is 2.11 bits per heavy atom. The Morgan fingerprint density at radius 3 is 2.93 bits per heavy atom. The number of methoxy groups -OCH3 is 1. The van der Waals surface area contributed by atoms with Gasteiger partial charge in [0.15, 0.2) is 0 Å². The van der Waals surface area contributed by atoms with Crippen LogP contribution in [0.4, 0.5) is 0 Å². The second-order valence-corrected chi connectivity index (χ2v) is 6.80. The number of benzene rings is 2. The van der Waals surface area contributed by atoms with Gasteiger partial charge in [-0.25, -0.2) is 0 Å². The van der Waals surface area contributed by atoms with E-state index in [1.165, 1.54) is 0 Å². The van der Waals surface area contributed by atoms with Gasteiger partial charge in [0.25, 0.3) is 0 Å². The summed E-state index contributed by atoms with van der Waals surface area (Å²) in [7, 11) is 1.60. The van der Waals surface area contributed by atoms with Crippen LogP contribution in [-0.2, 0) is 11.3 Å². The predicted octanol–water partition coefficient (Wildman–Crippen LogP) is 4.26. The first kappa shape index (κ1) is 17.5. The molecule has 1 atom stereocenters. The maximum absolute atomic E-state index is 12.4. The van der Waals surface area contributed by atoms with Gasteiger partial charge in [-0.2, -0.15) is 4.98 Å². The molecule has 1 aromatic heterocycles. The van der Waals surface area contributed by atoms with Crippen LogP contribution in [-0.4, -0.2) is 28.1 Å². The Balaban J connectivity index is 1.61. The van der Waals surface area contributed by atoms with Gasteiger partial charge in [-0.3, -0.25) is 4.79 Å². The van der Waals surface area contributed by atoms with E-state index in [-0.39, 0.29) is 11.9 Å². The third kappa shape index (κ3) is 3.53. The number of hydrogen-bond acceptors (Lipinski definition) is 5. The van der Waals surface area contributed by atoms with Crippen molar-refractivity contribution < 1.29 is 14.1 Å². The Bertz CT molecular complexity index is 972. The van der Waals surface area contributed by atoms with Crippen molar-refractivity contribution in [2.75, 3.05) is 7.11 Å². The molecule has 3 aromatic rings. The van der Waals surface area contributed by atoms with E-state index in [9.17, 15) is 4.79 Å². The van der Waals surface area contributed by atoms with Crippen molar-refractivity contribution in [1.29, 1.82) is 0 Å². The summed E-state index contributed by atoms with van der Waals surface area (Å²) in [6.45, 7) is 0.455. The number of likely N-dealkylation sites (tertiary alicyclic amines) is 1. The molecule has 1 aliphatic heterocycles. The maximum atomic E-state index is 12.4. The second kappa shape index (κ2) is 7.40. The predicted molar refractivity (Wildman–Crippen MR) is 100 cm³/mol. The lowest BCUT2D eigenvalue weighted by Gasteiger charge is -2.22. The fourth-order valence-electron chi connectivity index (χ4n) is 3.33. The van der Waals surface area contributed by atoms with Crippen LogP contribution < -0.4 is 4.74 Å². The van der Waals surface area contributed by atoms with Crippen molar-refractivity contribution in [1.82, 2.24) is 15.0 Å². The number of halogens is 1. The summed E-state index contributed by atoms with van der Waals surface area (Å²) in [6.07, 6.45) is 1.10. The molecule has 27 heavy (non-hydrogen) atoms. The number of ether oxygens (including phenoxy) is 1. The maximum Gasteiger partial charge on any atom is 0.249 e. The molecule has 1 amide bonds.